The van der Waals surface area contributed by atoms with E-state index in [0.29, 0.717) is 11.1 Å². The summed E-state index contributed by atoms with van der Waals surface area (Å²) >= 11 is 0. The predicted molar refractivity (Wildman–Crippen MR) is 112 cm³/mol. The molecule has 1 aliphatic heterocycles. The average molecular weight is 423 g/mol. The lowest BCUT2D eigenvalue weighted by Crippen LogP contribution is -2.27. The lowest BCUT2D eigenvalue weighted by atomic mass is 9.83. The highest BCUT2D eigenvalue weighted by atomic mass is 19.1. The van der Waals surface area contributed by atoms with Crippen LogP contribution in [0.1, 0.15) is 54.9 Å². The molecule has 2 heterocycles. The molecule has 31 heavy (non-hydrogen) atoms. The molecule has 3 N–H and O–H groups in total. The Bertz CT molecular complexity index is 1160. The molecule has 1 aliphatic rings. The number of fused-ring (bicyclic) bond motifs is 1. The molecule has 0 atom stereocenters. The smallest absolute Gasteiger partial charge is 0.321 e. The Morgan fingerprint density at radius 3 is 2.65 bits per heavy atom. The SMILES string of the molecule is C#CC(C)(C)c1c(NC(=O)Cc2cc3c(cc2F)C(C)(C)C(=O)O3)ccnc1C(N)=O. The number of hydrogen-bond donors (Lipinski definition) is 2. The zero-order valence-corrected chi connectivity index (χ0v) is 17.6. The zero-order chi connectivity index (χ0) is 23.1. The second kappa shape index (κ2) is 7.51. The number of rotatable bonds is 5. The molecule has 0 unspecified atom stereocenters. The van der Waals surface area contributed by atoms with Crippen molar-refractivity contribution in [2.45, 2.75) is 44.9 Å². The van der Waals surface area contributed by atoms with Crippen molar-refractivity contribution < 1.29 is 23.5 Å². The molecular weight excluding hydrogens is 401 g/mol. The molecule has 1 aromatic heterocycles. The van der Waals surface area contributed by atoms with Crippen LogP contribution in [0.15, 0.2) is 24.4 Å². The number of nitrogens with zero attached hydrogens (tertiary/aromatic N) is 1. The van der Waals surface area contributed by atoms with Crippen molar-refractivity contribution in [3.63, 3.8) is 0 Å². The molecule has 0 aliphatic carbocycles. The number of anilines is 1. The standard InChI is InChI=1S/C23H22FN3O4/c1-6-22(2,3)18-15(7-8-26-19(18)20(25)29)27-17(28)10-12-9-16-13(11-14(12)24)23(4,5)21(30)31-16/h1,7-9,11H,10H2,2-5H3,(H2,25,29)(H,26,27,28). The Hall–Kier alpha value is -3.73. The highest BCUT2D eigenvalue weighted by Gasteiger charge is 2.41. The number of ether oxygens (including phenoxy) is 1. The number of nitrogens with two attached hydrogens (primary N) is 1. The fourth-order valence-corrected chi connectivity index (χ4v) is 3.47. The summed E-state index contributed by atoms with van der Waals surface area (Å²) in [5, 5.41) is 2.66. The summed E-state index contributed by atoms with van der Waals surface area (Å²) in [6, 6.07) is 4.06. The first-order valence-electron chi connectivity index (χ1n) is 9.50. The summed E-state index contributed by atoms with van der Waals surface area (Å²) in [6.07, 6.45) is 6.59. The Labute approximate surface area is 179 Å². The van der Waals surface area contributed by atoms with Crippen LogP contribution >= 0.6 is 0 Å². The largest absolute Gasteiger partial charge is 0.426 e. The van der Waals surface area contributed by atoms with Crippen LogP contribution in [0, 0.1) is 18.2 Å². The van der Waals surface area contributed by atoms with Crippen LogP contribution < -0.4 is 15.8 Å². The molecule has 0 bridgehead atoms. The third-order valence-electron chi connectivity index (χ3n) is 5.33. The van der Waals surface area contributed by atoms with E-state index in [1.807, 2.05) is 0 Å². The first-order chi connectivity index (χ1) is 14.4. The average Bonchev–Trinajstić information content (AvgIpc) is 2.90. The third kappa shape index (κ3) is 3.87. The minimum Gasteiger partial charge on any atom is -0.426 e. The molecule has 0 spiro atoms. The van der Waals surface area contributed by atoms with Gasteiger partial charge in [0.25, 0.3) is 5.91 Å². The number of esters is 1. The van der Waals surface area contributed by atoms with Crippen LogP contribution in [0.3, 0.4) is 0 Å². The monoisotopic (exact) mass is 423 g/mol. The van der Waals surface area contributed by atoms with Crippen molar-refractivity contribution in [3.8, 4) is 18.1 Å². The molecule has 2 aromatic rings. The number of aromatic nitrogens is 1. The second-order valence-electron chi connectivity index (χ2n) is 8.39. The predicted octanol–water partition coefficient (Wildman–Crippen LogP) is 2.61. The van der Waals surface area contributed by atoms with E-state index in [4.69, 9.17) is 16.9 Å². The maximum absolute atomic E-state index is 14.7. The van der Waals surface area contributed by atoms with Gasteiger partial charge in [0, 0.05) is 28.6 Å². The molecule has 8 heteroatoms. The first-order valence-corrected chi connectivity index (χ1v) is 9.50. The molecule has 160 valence electrons. The van der Waals surface area contributed by atoms with E-state index in [2.05, 4.69) is 16.2 Å². The van der Waals surface area contributed by atoms with Crippen LogP contribution in [-0.2, 0) is 26.8 Å². The van der Waals surface area contributed by atoms with Crippen molar-refractivity contribution in [3.05, 3.63) is 52.6 Å². The number of pyridine rings is 1. The summed E-state index contributed by atoms with van der Waals surface area (Å²) in [7, 11) is 0. The number of terminal acetylenes is 1. The number of amides is 2. The molecular formula is C23H22FN3O4. The van der Waals surface area contributed by atoms with Gasteiger partial charge in [0.2, 0.25) is 5.91 Å². The van der Waals surface area contributed by atoms with Gasteiger partial charge in [-0.05, 0) is 45.9 Å². The molecule has 1 aromatic carbocycles. The van der Waals surface area contributed by atoms with Crippen molar-refractivity contribution in [2.75, 3.05) is 5.32 Å². The highest BCUT2D eigenvalue weighted by molar-refractivity contribution is 5.98. The summed E-state index contributed by atoms with van der Waals surface area (Å²) in [5.41, 5.74) is 4.48. The van der Waals surface area contributed by atoms with Crippen molar-refractivity contribution in [1.29, 1.82) is 0 Å². The minimum atomic E-state index is -0.963. The molecule has 0 fully saturated rings. The summed E-state index contributed by atoms with van der Waals surface area (Å²) < 4.78 is 19.9. The molecule has 0 radical (unpaired) electrons. The fourth-order valence-electron chi connectivity index (χ4n) is 3.47. The number of primary amides is 1. The van der Waals surface area contributed by atoms with Crippen LogP contribution in [0.5, 0.6) is 5.75 Å². The quantitative estimate of drug-likeness (QED) is 0.436. The normalized spacial score (nSPS) is 14.4. The van der Waals surface area contributed by atoms with Gasteiger partial charge in [0.05, 0.1) is 17.3 Å². The van der Waals surface area contributed by atoms with Crippen LogP contribution in [-0.4, -0.2) is 22.8 Å². The topological polar surface area (TPSA) is 111 Å². The van der Waals surface area contributed by atoms with Crippen molar-refractivity contribution in [1.82, 2.24) is 4.98 Å². The van der Waals surface area contributed by atoms with E-state index in [0.717, 1.165) is 0 Å². The van der Waals surface area contributed by atoms with E-state index in [9.17, 15) is 18.8 Å². The second-order valence-corrected chi connectivity index (χ2v) is 8.39. The number of benzene rings is 1. The van der Waals surface area contributed by atoms with Gasteiger partial charge in [-0.25, -0.2) is 4.39 Å². The molecule has 7 nitrogen and oxygen atoms in total. The van der Waals surface area contributed by atoms with Gasteiger partial charge in [-0.2, -0.15) is 0 Å². The molecule has 2 amide bonds. The van der Waals surface area contributed by atoms with Gasteiger partial charge in [-0.3, -0.25) is 19.4 Å². The molecule has 0 saturated carbocycles. The number of halogens is 1. The van der Waals surface area contributed by atoms with E-state index in [1.165, 1.54) is 24.4 Å². The van der Waals surface area contributed by atoms with Gasteiger partial charge in [-0.15, -0.1) is 6.42 Å². The van der Waals surface area contributed by atoms with Crippen molar-refractivity contribution >= 4 is 23.5 Å². The van der Waals surface area contributed by atoms with Crippen molar-refractivity contribution in [2.24, 2.45) is 5.73 Å². The fraction of sp³-hybridized carbons (Fsp3) is 0.304. The maximum atomic E-state index is 14.7. The summed E-state index contributed by atoms with van der Waals surface area (Å²) in [4.78, 5) is 40.5. The van der Waals surface area contributed by atoms with E-state index >= 15 is 0 Å². The van der Waals surface area contributed by atoms with Gasteiger partial charge >= 0.3 is 5.97 Å². The maximum Gasteiger partial charge on any atom is 0.321 e. The third-order valence-corrected chi connectivity index (χ3v) is 5.33. The van der Waals surface area contributed by atoms with Gasteiger partial charge in [0.15, 0.2) is 0 Å². The Balaban J connectivity index is 1.92. The summed E-state index contributed by atoms with van der Waals surface area (Å²) in [5.74, 6) is 0.329. The Morgan fingerprint density at radius 2 is 2.03 bits per heavy atom. The van der Waals surface area contributed by atoms with Gasteiger partial charge in [0.1, 0.15) is 17.3 Å². The Morgan fingerprint density at radius 1 is 1.35 bits per heavy atom. The zero-order valence-electron chi connectivity index (χ0n) is 17.6. The molecule has 0 saturated heterocycles. The lowest BCUT2D eigenvalue weighted by Gasteiger charge is -2.24. The summed E-state index contributed by atoms with van der Waals surface area (Å²) in [6.45, 7) is 6.65. The highest BCUT2D eigenvalue weighted by Crippen LogP contribution is 2.40. The van der Waals surface area contributed by atoms with Gasteiger partial charge in [-0.1, -0.05) is 5.92 Å². The number of carbonyl (C=O) groups is 3. The van der Waals surface area contributed by atoms with Crippen LogP contribution in [0.4, 0.5) is 10.1 Å². The Kier molecular flexibility index (Phi) is 5.32. The van der Waals surface area contributed by atoms with Gasteiger partial charge < -0.3 is 15.8 Å². The lowest BCUT2D eigenvalue weighted by molar-refractivity contribution is -0.137. The number of hydrogen-bond acceptors (Lipinski definition) is 5. The molecule has 3 rings (SSSR count). The number of nitrogens with one attached hydrogen (secondary N) is 1. The van der Waals surface area contributed by atoms with Crippen LogP contribution in [0.25, 0.3) is 0 Å². The number of carbonyl (C=O) groups excluding carboxylic acids is 3. The van der Waals surface area contributed by atoms with Crippen LogP contribution in [0.2, 0.25) is 0 Å². The van der Waals surface area contributed by atoms with E-state index in [-0.39, 0.29) is 29.1 Å². The first kappa shape index (κ1) is 22.0. The van der Waals surface area contributed by atoms with E-state index < -0.39 is 34.4 Å². The minimum absolute atomic E-state index is 0.0568. The van der Waals surface area contributed by atoms with E-state index in [1.54, 1.807) is 27.7 Å².